The first-order valence-electron chi connectivity index (χ1n) is 7.71. The first-order valence-corrected chi connectivity index (χ1v) is 7.71. The van der Waals surface area contributed by atoms with E-state index in [1.807, 2.05) is 0 Å². The summed E-state index contributed by atoms with van der Waals surface area (Å²) in [5.74, 6) is 2.84. The molecule has 2 rings (SSSR count). The van der Waals surface area contributed by atoms with Crippen LogP contribution < -0.4 is 5.32 Å². The Morgan fingerprint density at radius 3 is 2.85 bits per heavy atom. The summed E-state index contributed by atoms with van der Waals surface area (Å²) in [5, 5.41) is 3.48. The molecule has 3 heteroatoms. The second kappa shape index (κ2) is 7.09. The summed E-state index contributed by atoms with van der Waals surface area (Å²) in [6.45, 7) is 13.8. The maximum absolute atomic E-state index is 5.91. The van der Waals surface area contributed by atoms with Gasteiger partial charge in [-0.3, -0.25) is 4.90 Å². The molecule has 112 valence electrons. The van der Waals surface area contributed by atoms with Crippen LogP contribution >= 0.6 is 0 Å². The molecule has 0 atom stereocenters. The summed E-state index contributed by atoms with van der Waals surface area (Å²) in [6.07, 6.45) is 3.50. The molecule has 0 saturated carbocycles. The van der Waals surface area contributed by atoms with Crippen molar-refractivity contribution in [3.8, 4) is 0 Å². The molecular weight excluding hydrogens is 248 g/mol. The molecule has 0 saturated heterocycles. The first-order chi connectivity index (χ1) is 9.54. The van der Waals surface area contributed by atoms with Crippen LogP contribution in [0.2, 0.25) is 0 Å². The maximum Gasteiger partial charge on any atom is 0.118 e. The van der Waals surface area contributed by atoms with Crippen molar-refractivity contribution >= 4 is 0 Å². The number of hydrogen-bond acceptors (Lipinski definition) is 3. The predicted octanol–water partition coefficient (Wildman–Crippen LogP) is 3.49. The van der Waals surface area contributed by atoms with Gasteiger partial charge in [-0.25, -0.2) is 0 Å². The fraction of sp³-hybridized carbons (Fsp3) is 0.647. The van der Waals surface area contributed by atoms with Gasteiger partial charge in [0.25, 0.3) is 0 Å². The van der Waals surface area contributed by atoms with Crippen molar-refractivity contribution in [2.24, 2.45) is 5.92 Å². The molecule has 0 spiro atoms. The highest BCUT2D eigenvalue weighted by atomic mass is 16.3. The fourth-order valence-electron chi connectivity index (χ4n) is 2.68. The SMILES string of the molecule is CC1=CCCN(Cc2cc(CNCC(C)C)c(C)o2)C1. The van der Waals surface area contributed by atoms with E-state index in [0.717, 1.165) is 50.7 Å². The van der Waals surface area contributed by atoms with E-state index in [-0.39, 0.29) is 0 Å². The van der Waals surface area contributed by atoms with Gasteiger partial charge in [0.15, 0.2) is 0 Å². The van der Waals surface area contributed by atoms with Crippen molar-refractivity contribution in [3.63, 3.8) is 0 Å². The monoisotopic (exact) mass is 276 g/mol. The Hall–Kier alpha value is -1.06. The molecule has 20 heavy (non-hydrogen) atoms. The standard InChI is InChI=1S/C17H28N2O/c1-13(2)9-18-10-16-8-17(20-15(16)4)12-19-7-5-6-14(3)11-19/h6,8,13,18H,5,7,9-12H2,1-4H3. The predicted molar refractivity (Wildman–Crippen MR) is 83.6 cm³/mol. The van der Waals surface area contributed by atoms with Gasteiger partial charge >= 0.3 is 0 Å². The second-order valence-electron chi connectivity index (χ2n) is 6.37. The Bertz CT molecular complexity index is 460. The van der Waals surface area contributed by atoms with Gasteiger partial charge in [-0.2, -0.15) is 0 Å². The van der Waals surface area contributed by atoms with E-state index in [9.17, 15) is 0 Å². The van der Waals surface area contributed by atoms with Gasteiger partial charge in [-0.1, -0.05) is 25.5 Å². The van der Waals surface area contributed by atoms with E-state index < -0.39 is 0 Å². The quantitative estimate of drug-likeness (QED) is 0.806. The summed E-state index contributed by atoms with van der Waals surface area (Å²) in [5.41, 5.74) is 2.77. The van der Waals surface area contributed by atoms with Gasteiger partial charge in [-0.15, -0.1) is 0 Å². The van der Waals surface area contributed by atoms with Crippen LogP contribution in [0, 0.1) is 12.8 Å². The lowest BCUT2D eigenvalue weighted by Crippen LogP contribution is -2.28. The highest BCUT2D eigenvalue weighted by molar-refractivity contribution is 5.21. The van der Waals surface area contributed by atoms with Crippen LogP contribution in [0.5, 0.6) is 0 Å². The molecule has 2 heterocycles. The van der Waals surface area contributed by atoms with Crippen molar-refractivity contribution in [1.82, 2.24) is 10.2 Å². The van der Waals surface area contributed by atoms with E-state index in [1.54, 1.807) is 0 Å². The van der Waals surface area contributed by atoms with Crippen LogP contribution in [-0.4, -0.2) is 24.5 Å². The third-order valence-electron chi connectivity index (χ3n) is 3.73. The average Bonchev–Trinajstić information content (AvgIpc) is 2.69. The van der Waals surface area contributed by atoms with Crippen molar-refractivity contribution in [2.45, 2.75) is 47.2 Å². The minimum Gasteiger partial charge on any atom is -0.465 e. The molecule has 0 aliphatic carbocycles. The van der Waals surface area contributed by atoms with Crippen molar-refractivity contribution < 1.29 is 4.42 Å². The lowest BCUT2D eigenvalue weighted by atomic mass is 10.1. The topological polar surface area (TPSA) is 28.4 Å². The number of nitrogens with one attached hydrogen (secondary N) is 1. The molecule has 1 aliphatic rings. The van der Waals surface area contributed by atoms with Gasteiger partial charge in [0.05, 0.1) is 6.54 Å². The van der Waals surface area contributed by atoms with E-state index >= 15 is 0 Å². The number of nitrogens with zero attached hydrogens (tertiary/aromatic N) is 1. The number of hydrogen-bond donors (Lipinski definition) is 1. The zero-order valence-electron chi connectivity index (χ0n) is 13.3. The third kappa shape index (κ3) is 4.50. The molecular formula is C17H28N2O. The molecule has 1 aromatic heterocycles. The summed E-state index contributed by atoms with van der Waals surface area (Å²) in [4.78, 5) is 2.46. The normalized spacial score (nSPS) is 16.8. The first kappa shape index (κ1) is 15.3. The number of furan rings is 1. The summed E-state index contributed by atoms with van der Waals surface area (Å²) in [6, 6.07) is 2.22. The number of aryl methyl sites for hydroxylation is 1. The Balaban J connectivity index is 1.88. The largest absolute Gasteiger partial charge is 0.465 e. The van der Waals surface area contributed by atoms with E-state index in [0.29, 0.717) is 5.92 Å². The highest BCUT2D eigenvalue weighted by Gasteiger charge is 2.14. The molecule has 0 bridgehead atoms. The van der Waals surface area contributed by atoms with Crippen LogP contribution in [0.4, 0.5) is 0 Å². The van der Waals surface area contributed by atoms with Crippen LogP contribution in [0.3, 0.4) is 0 Å². The molecule has 1 aromatic rings. The molecule has 3 nitrogen and oxygen atoms in total. The summed E-state index contributed by atoms with van der Waals surface area (Å²) < 4.78 is 5.91. The minimum absolute atomic E-state index is 0.685. The van der Waals surface area contributed by atoms with E-state index in [2.05, 4.69) is 50.1 Å². The molecule has 0 aromatic carbocycles. The third-order valence-corrected chi connectivity index (χ3v) is 3.73. The average molecular weight is 276 g/mol. The Kier molecular flexibility index (Phi) is 5.44. The molecule has 0 fully saturated rings. The van der Waals surface area contributed by atoms with Crippen molar-refractivity contribution in [3.05, 3.63) is 34.8 Å². The van der Waals surface area contributed by atoms with Gasteiger partial charge in [0.1, 0.15) is 11.5 Å². The highest BCUT2D eigenvalue weighted by Crippen LogP contribution is 2.18. The van der Waals surface area contributed by atoms with Gasteiger partial charge < -0.3 is 9.73 Å². The lowest BCUT2D eigenvalue weighted by Gasteiger charge is -2.24. The van der Waals surface area contributed by atoms with Gasteiger partial charge in [0, 0.05) is 25.2 Å². The van der Waals surface area contributed by atoms with Crippen LogP contribution in [0.15, 0.2) is 22.1 Å². The molecule has 1 aliphatic heterocycles. The molecule has 0 radical (unpaired) electrons. The fourth-order valence-corrected chi connectivity index (χ4v) is 2.68. The molecule has 0 amide bonds. The van der Waals surface area contributed by atoms with Crippen LogP contribution in [0.1, 0.15) is 44.3 Å². The Labute approximate surface area is 123 Å². The van der Waals surface area contributed by atoms with Crippen LogP contribution in [-0.2, 0) is 13.1 Å². The van der Waals surface area contributed by atoms with Gasteiger partial charge in [-0.05, 0) is 38.8 Å². The second-order valence-corrected chi connectivity index (χ2v) is 6.37. The molecule has 1 N–H and O–H groups in total. The van der Waals surface area contributed by atoms with Gasteiger partial charge in [0.2, 0.25) is 0 Å². The van der Waals surface area contributed by atoms with Crippen molar-refractivity contribution in [2.75, 3.05) is 19.6 Å². The Morgan fingerprint density at radius 2 is 2.15 bits per heavy atom. The maximum atomic E-state index is 5.91. The van der Waals surface area contributed by atoms with E-state index in [1.165, 1.54) is 11.1 Å². The number of rotatable bonds is 6. The van der Waals surface area contributed by atoms with Crippen LogP contribution in [0.25, 0.3) is 0 Å². The van der Waals surface area contributed by atoms with E-state index in [4.69, 9.17) is 4.42 Å². The summed E-state index contributed by atoms with van der Waals surface area (Å²) in [7, 11) is 0. The minimum atomic E-state index is 0.685. The Morgan fingerprint density at radius 1 is 1.35 bits per heavy atom. The summed E-state index contributed by atoms with van der Waals surface area (Å²) >= 11 is 0. The molecule has 0 unspecified atom stereocenters. The zero-order chi connectivity index (χ0) is 14.5. The lowest BCUT2D eigenvalue weighted by molar-refractivity contribution is 0.256. The smallest absolute Gasteiger partial charge is 0.118 e. The van der Waals surface area contributed by atoms with Crippen molar-refractivity contribution in [1.29, 1.82) is 0 Å². The zero-order valence-corrected chi connectivity index (χ0v) is 13.3.